The second-order valence-electron chi connectivity index (χ2n) is 8.03. The first-order chi connectivity index (χ1) is 15.5. The van der Waals surface area contributed by atoms with E-state index in [4.69, 9.17) is 28.6 Å². The Labute approximate surface area is 199 Å². The number of thiocarbonyl (C=S) groups is 1. The quantitative estimate of drug-likeness (QED) is 0.472. The zero-order valence-electron chi connectivity index (χ0n) is 18.0. The third-order valence-electron chi connectivity index (χ3n) is 6.20. The molecule has 32 heavy (non-hydrogen) atoms. The third kappa shape index (κ3) is 4.60. The van der Waals surface area contributed by atoms with Gasteiger partial charge in [-0.25, -0.2) is 0 Å². The molecule has 1 saturated heterocycles. The summed E-state index contributed by atoms with van der Waals surface area (Å²) < 4.78 is 5.42. The average Bonchev–Trinajstić information content (AvgIpc) is 2.85. The van der Waals surface area contributed by atoms with Crippen molar-refractivity contribution in [3.63, 3.8) is 0 Å². The molecule has 2 N–H and O–H groups in total. The van der Waals surface area contributed by atoms with Gasteiger partial charge >= 0.3 is 0 Å². The smallest absolute Gasteiger partial charge is 0.173 e. The summed E-state index contributed by atoms with van der Waals surface area (Å²) in [5.41, 5.74) is 1.56. The Hall–Kier alpha value is -2.60. The fourth-order valence-electron chi connectivity index (χ4n) is 4.50. The summed E-state index contributed by atoms with van der Waals surface area (Å²) in [7, 11) is 1.62. The summed E-state index contributed by atoms with van der Waals surface area (Å²) in [4.78, 5) is 2.14. The molecule has 0 radical (unpaired) electrons. The predicted octanol–water partition coefficient (Wildman–Crippen LogP) is 5.69. The summed E-state index contributed by atoms with van der Waals surface area (Å²) in [5, 5.41) is 16.6. The van der Waals surface area contributed by atoms with Crippen molar-refractivity contribution in [3.05, 3.63) is 95.0 Å². The molecule has 1 fully saturated rings. The molecule has 166 valence electrons. The summed E-state index contributed by atoms with van der Waals surface area (Å²) in [6.45, 7) is 1.50. The van der Waals surface area contributed by atoms with Crippen LogP contribution in [0.3, 0.4) is 0 Å². The fourth-order valence-corrected chi connectivity index (χ4v) is 4.96. The number of nitrogens with zero attached hydrogens (tertiary/aromatic N) is 1. The van der Waals surface area contributed by atoms with Crippen molar-refractivity contribution < 1.29 is 9.84 Å². The SMILES string of the molecule is COc1ccc(Cl)cc1NC(=S)N1CCC(C(O)(c2ccccc2)c2ccccc2)CC1. The van der Waals surface area contributed by atoms with Crippen molar-refractivity contribution >= 4 is 34.6 Å². The maximum absolute atomic E-state index is 12.0. The molecule has 0 unspecified atom stereocenters. The lowest BCUT2D eigenvalue weighted by Crippen LogP contribution is -2.47. The molecule has 6 heteroatoms. The molecule has 0 bridgehead atoms. The molecule has 0 saturated carbocycles. The molecule has 1 aliphatic rings. The Balaban J connectivity index is 1.50. The van der Waals surface area contributed by atoms with Crippen molar-refractivity contribution in [1.29, 1.82) is 0 Å². The lowest BCUT2D eigenvalue weighted by molar-refractivity contribution is -0.00631. The van der Waals surface area contributed by atoms with Gasteiger partial charge in [0.2, 0.25) is 0 Å². The van der Waals surface area contributed by atoms with Crippen LogP contribution in [-0.4, -0.2) is 35.3 Å². The Morgan fingerprint density at radius 1 is 1.00 bits per heavy atom. The second-order valence-corrected chi connectivity index (χ2v) is 8.86. The number of hydrogen-bond donors (Lipinski definition) is 2. The summed E-state index contributed by atoms with van der Waals surface area (Å²) in [6.07, 6.45) is 1.63. The minimum absolute atomic E-state index is 0.0760. The van der Waals surface area contributed by atoms with E-state index in [1.54, 1.807) is 13.2 Å². The van der Waals surface area contributed by atoms with E-state index in [9.17, 15) is 5.11 Å². The normalized spacial score (nSPS) is 14.8. The number of methoxy groups -OCH3 is 1. The molecule has 0 amide bonds. The van der Waals surface area contributed by atoms with E-state index < -0.39 is 5.60 Å². The molecule has 4 nitrogen and oxygen atoms in total. The largest absolute Gasteiger partial charge is 0.495 e. The standard InChI is InChI=1S/C26H27ClN2O2S/c1-31-24-13-12-22(27)18-23(24)28-25(32)29-16-14-21(15-17-29)26(30,19-8-4-2-5-9-19)20-10-6-3-7-11-20/h2-13,18,21,30H,14-17H2,1H3,(H,28,32). The van der Waals surface area contributed by atoms with E-state index in [-0.39, 0.29) is 5.92 Å². The number of rotatable bonds is 5. The molecule has 0 atom stereocenters. The van der Waals surface area contributed by atoms with Gasteiger partial charge in [-0.15, -0.1) is 0 Å². The first-order valence-electron chi connectivity index (χ1n) is 10.7. The number of ether oxygens (including phenoxy) is 1. The highest BCUT2D eigenvalue weighted by Crippen LogP contribution is 2.42. The minimum atomic E-state index is -1.04. The monoisotopic (exact) mass is 466 g/mol. The van der Waals surface area contributed by atoms with Crippen molar-refractivity contribution in [2.75, 3.05) is 25.5 Å². The molecule has 1 heterocycles. The van der Waals surface area contributed by atoms with Gasteiger partial charge in [-0.2, -0.15) is 0 Å². The molecule has 3 aromatic carbocycles. The number of nitrogens with one attached hydrogen (secondary N) is 1. The van der Waals surface area contributed by atoms with Gasteiger partial charge in [-0.3, -0.25) is 0 Å². The number of hydrogen-bond acceptors (Lipinski definition) is 3. The van der Waals surface area contributed by atoms with Crippen LogP contribution in [0.25, 0.3) is 0 Å². The number of halogens is 1. The zero-order chi connectivity index (χ0) is 22.6. The minimum Gasteiger partial charge on any atom is -0.495 e. The van der Waals surface area contributed by atoms with E-state index in [0.717, 1.165) is 42.7 Å². The Morgan fingerprint density at radius 2 is 1.56 bits per heavy atom. The van der Waals surface area contributed by atoms with Crippen molar-refractivity contribution in [3.8, 4) is 5.75 Å². The lowest BCUT2D eigenvalue weighted by atomic mass is 9.72. The maximum atomic E-state index is 12.0. The number of anilines is 1. The van der Waals surface area contributed by atoms with E-state index in [1.165, 1.54) is 0 Å². The molecule has 4 rings (SSSR count). The number of benzene rings is 3. The molecular formula is C26H27ClN2O2S. The van der Waals surface area contributed by atoms with Gasteiger partial charge in [-0.05, 0) is 60.3 Å². The Morgan fingerprint density at radius 3 is 2.09 bits per heavy atom. The van der Waals surface area contributed by atoms with E-state index >= 15 is 0 Å². The lowest BCUT2D eigenvalue weighted by Gasteiger charge is -2.43. The van der Waals surface area contributed by atoms with Crippen molar-refractivity contribution in [2.24, 2.45) is 5.92 Å². The van der Waals surface area contributed by atoms with E-state index in [0.29, 0.717) is 15.9 Å². The first kappa shape index (κ1) is 22.6. The van der Waals surface area contributed by atoms with Crippen LogP contribution in [0.5, 0.6) is 5.75 Å². The topological polar surface area (TPSA) is 44.7 Å². The third-order valence-corrected chi connectivity index (χ3v) is 6.80. The van der Waals surface area contributed by atoms with Gasteiger partial charge in [-0.1, -0.05) is 72.3 Å². The summed E-state index contributed by atoms with van der Waals surface area (Å²) in [6, 6.07) is 25.3. The second kappa shape index (κ2) is 9.90. The van der Waals surface area contributed by atoms with Gasteiger partial charge < -0.3 is 20.1 Å². The van der Waals surface area contributed by atoms with Gasteiger partial charge in [0, 0.05) is 18.1 Å². The molecule has 1 aliphatic heterocycles. The van der Waals surface area contributed by atoms with Gasteiger partial charge in [0.1, 0.15) is 11.4 Å². The van der Waals surface area contributed by atoms with Gasteiger partial charge in [0.05, 0.1) is 12.8 Å². The molecular weight excluding hydrogens is 440 g/mol. The van der Waals surface area contributed by atoms with Gasteiger partial charge in [0.25, 0.3) is 0 Å². The van der Waals surface area contributed by atoms with Crippen LogP contribution in [0.1, 0.15) is 24.0 Å². The first-order valence-corrected chi connectivity index (χ1v) is 11.5. The van der Waals surface area contributed by atoms with Crippen LogP contribution >= 0.6 is 23.8 Å². The predicted molar refractivity (Wildman–Crippen MR) is 134 cm³/mol. The van der Waals surface area contributed by atoms with Crippen LogP contribution in [0.15, 0.2) is 78.9 Å². The van der Waals surface area contributed by atoms with Gasteiger partial charge in [0.15, 0.2) is 5.11 Å². The Bertz CT molecular complexity index is 1010. The molecule has 3 aromatic rings. The molecule has 0 spiro atoms. The van der Waals surface area contributed by atoms with Crippen LogP contribution < -0.4 is 10.1 Å². The Kier molecular flexibility index (Phi) is 6.99. The number of piperidine rings is 1. The van der Waals surface area contributed by atoms with E-state index in [2.05, 4.69) is 10.2 Å². The van der Waals surface area contributed by atoms with Crippen LogP contribution in [0.4, 0.5) is 5.69 Å². The average molecular weight is 467 g/mol. The zero-order valence-corrected chi connectivity index (χ0v) is 19.6. The van der Waals surface area contributed by atoms with E-state index in [1.807, 2.05) is 72.8 Å². The molecule has 0 aliphatic carbocycles. The highest BCUT2D eigenvalue weighted by molar-refractivity contribution is 7.80. The number of likely N-dealkylation sites (tertiary alicyclic amines) is 1. The number of aliphatic hydroxyl groups is 1. The van der Waals surface area contributed by atoms with Crippen LogP contribution in [0, 0.1) is 5.92 Å². The van der Waals surface area contributed by atoms with Crippen LogP contribution in [0.2, 0.25) is 5.02 Å². The summed E-state index contributed by atoms with van der Waals surface area (Å²) >= 11 is 11.8. The summed E-state index contributed by atoms with van der Waals surface area (Å²) in [5.74, 6) is 0.765. The van der Waals surface area contributed by atoms with Crippen molar-refractivity contribution in [1.82, 2.24) is 4.90 Å². The fraction of sp³-hybridized carbons (Fsp3) is 0.269. The maximum Gasteiger partial charge on any atom is 0.173 e. The van der Waals surface area contributed by atoms with Crippen molar-refractivity contribution in [2.45, 2.75) is 18.4 Å². The van der Waals surface area contributed by atoms with Crippen LogP contribution in [-0.2, 0) is 5.60 Å². The molecule has 0 aromatic heterocycles. The highest BCUT2D eigenvalue weighted by atomic mass is 35.5. The highest BCUT2D eigenvalue weighted by Gasteiger charge is 2.41.